The fourth-order valence-corrected chi connectivity index (χ4v) is 4.08. The number of rotatable bonds is 5. The Bertz CT molecular complexity index is 527. The Hall–Kier alpha value is -1.07. The highest BCUT2D eigenvalue weighted by atomic mass is 32.1. The monoisotopic (exact) mass is 336 g/mol. The average molecular weight is 337 g/mol. The van der Waals surface area contributed by atoms with Crippen molar-refractivity contribution in [2.24, 2.45) is 0 Å². The summed E-state index contributed by atoms with van der Waals surface area (Å²) in [6.07, 6.45) is 7.39. The van der Waals surface area contributed by atoms with Gasteiger partial charge in [-0.25, -0.2) is 4.79 Å². The molecule has 23 heavy (non-hydrogen) atoms. The molecule has 0 spiro atoms. The van der Waals surface area contributed by atoms with Crippen LogP contribution in [0.15, 0.2) is 11.4 Å². The minimum Gasteiger partial charge on any atom is -0.373 e. The first kappa shape index (κ1) is 16.8. The van der Waals surface area contributed by atoms with E-state index in [9.17, 15) is 4.79 Å². The average Bonchev–Trinajstić information content (AvgIpc) is 2.95. The first-order valence-electron chi connectivity index (χ1n) is 8.91. The van der Waals surface area contributed by atoms with Gasteiger partial charge in [0.1, 0.15) is 0 Å². The van der Waals surface area contributed by atoms with Gasteiger partial charge in [-0.2, -0.15) is 0 Å². The van der Waals surface area contributed by atoms with Crippen LogP contribution in [-0.2, 0) is 4.74 Å². The largest absolute Gasteiger partial charge is 0.373 e. The van der Waals surface area contributed by atoms with E-state index >= 15 is 0 Å². The lowest BCUT2D eigenvalue weighted by Gasteiger charge is -2.37. The predicted octanol–water partition coefficient (Wildman–Crippen LogP) is 4.25. The summed E-state index contributed by atoms with van der Waals surface area (Å²) in [7, 11) is 0. The quantitative estimate of drug-likeness (QED) is 0.873. The third-order valence-electron chi connectivity index (χ3n) is 4.96. The Balaban J connectivity index is 1.53. The summed E-state index contributed by atoms with van der Waals surface area (Å²) >= 11 is 1.74. The standard InChI is InChI=1S/C18H28N2O2S/c1-3-17(14-10-13(2)23-12-14)19-18(21)20-9-5-8-16(11-20)22-15-6-4-7-15/h10,12,15-17H,3-9,11H2,1-2H3,(H,19,21). The molecular formula is C18H28N2O2S. The molecule has 3 rings (SSSR count). The van der Waals surface area contributed by atoms with Gasteiger partial charge in [0, 0.05) is 18.0 Å². The number of likely N-dealkylation sites (tertiary alicyclic amines) is 1. The number of nitrogens with zero attached hydrogens (tertiary/aromatic N) is 1. The van der Waals surface area contributed by atoms with Crippen molar-refractivity contribution in [1.82, 2.24) is 10.2 Å². The molecule has 4 nitrogen and oxygen atoms in total. The van der Waals surface area contributed by atoms with Gasteiger partial charge >= 0.3 is 6.03 Å². The fraction of sp³-hybridized carbons (Fsp3) is 0.722. The van der Waals surface area contributed by atoms with Crippen LogP contribution < -0.4 is 5.32 Å². The first-order valence-corrected chi connectivity index (χ1v) is 9.79. The molecule has 0 bridgehead atoms. The summed E-state index contributed by atoms with van der Waals surface area (Å²) in [6, 6.07) is 2.35. The van der Waals surface area contributed by atoms with Crippen molar-refractivity contribution >= 4 is 17.4 Å². The van der Waals surface area contributed by atoms with Crippen LogP contribution in [0.1, 0.15) is 61.9 Å². The number of carbonyl (C=O) groups is 1. The lowest BCUT2D eigenvalue weighted by atomic mass is 9.95. The number of nitrogens with one attached hydrogen (secondary N) is 1. The molecular weight excluding hydrogens is 308 g/mol. The second-order valence-electron chi connectivity index (χ2n) is 6.80. The summed E-state index contributed by atoms with van der Waals surface area (Å²) in [5.74, 6) is 0. The van der Waals surface area contributed by atoms with Crippen molar-refractivity contribution < 1.29 is 9.53 Å². The van der Waals surface area contributed by atoms with Crippen molar-refractivity contribution in [3.8, 4) is 0 Å². The molecule has 1 saturated carbocycles. The number of carbonyl (C=O) groups excluding carboxylic acids is 1. The zero-order valence-electron chi connectivity index (χ0n) is 14.2. The maximum Gasteiger partial charge on any atom is 0.317 e. The Morgan fingerprint density at radius 1 is 1.39 bits per heavy atom. The Morgan fingerprint density at radius 3 is 2.78 bits per heavy atom. The molecule has 2 unspecified atom stereocenters. The molecule has 2 atom stereocenters. The van der Waals surface area contributed by atoms with Crippen molar-refractivity contribution in [2.45, 2.75) is 70.6 Å². The van der Waals surface area contributed by atoms with Gasteiger partial charge in [0.15, 0.2) is 0 Å². The predicted molar refractivity (Wildman–Crippen MR) is 93.9 cm³/mol. The van der Waals surface area contributed by atoms with E-state index in [1.165, 1.54) is 29.7 Å². The zero-order valence-corrected chi connectivity index (χ0v) is 15.0. The second-order valence-corrected chi connectivity index (χ2v) is 7.92. The normalized spacial score (nSPS) is 23.4. The molecule has 1 N–H and O–H groups in total. The van der Waals surface area contributed by atoms with Gasteiger partial charge in [-0.1, -0.05) is 6.92 Å². The Kier molecular flexibility index (Phi) is 5.59. The Morgan fingerprint density at radius 2 is 2.17 bits per heavy atom. The van der Waals surface area contributed by atoms with Crippen LogP contribution in [0.5, 0.6) is 0 Å². The third kappa shape index (κ3) is 4.27. The van der Waals surface area contributed by atoms with E-state index < -0.39 is 0 Å². The molecule has 0 radical (unpaired) electrons. The maximum absolute atomic E-state index is 12.6. The highest BCUT2D eigenvalue weighted by molar-refractivity contribution is 7.10. The lowest BCUT2D eigenvalue weighted by molar-refractivity contribution is -0.0721. The lowest BCUT2D eigenvalue weighted by Crippen LogP contribution is -2.49. The summed E-state index contributed by atoms with van der Waals surface area (Å²) in [6.45, 7) is 5.81. The van der Waals surface area contributed by atoms with Crippen LogP contribution in [0.25, 0.3) is 0 Å². The van der Waals surface area contributed by atoms with Crippen LogP contribution in [0.4, 0.5) is 4.79 Å². The SMILES string of the molecule is CCC(NC(=O)N1CCCC(OC2CCC2)C1)c1csc(C)c1. The topological polar surface area (TPSA) is 41.6 Å². The number of ether oxygens (including phenoxy) is 1. The van der Waals surface area contributed by atoms with Crippen molar-refractivity contribution in [3.63, 3.8) is 0 Å². The molecule has 1 aromatic rings. The molecule has 0 aromatic carbocycles. The molecule has 1 aliphatic carbocycles. The highest BCUT2D eigenvalue weighted by Crippen LogP contribution is 2.27. The molecule has 1 aliphatic heterocycles. The van der Waals surface area contributed by atoms with Gasteiger partial charge in [-0.05, 0) is 62.5 Å². The van der Waals surface area contributed by atoms with Gasteiger partial charge in [0.05, 0.1) is 18.2 Å². The van der Waals surface area contributed by atoms with Gasteiger partial charge in [0.2, 0.25) is 0 Å². The van der Waals surface area contributed by atoms with Gasteiger partial charge in [0.25, 0.3) is 0 Å². The number of hydrogen-bond acceptors (Lipinski definition) is 3. The van der Waals surface area contributed by atoms with Crippen molar-refractivity contribution in [1.29, 1.82) is 0 Å². The number of amides is 2. The molecule has 2 aliphatic rings. The van der Waals surface area contributed by atoms with Crippen LogP contribution in [0.3, 0.4) is 0 Å². The highest BCUT2D eigenvalue weighted by Gasteiger charge is 2.29. The van der Waals surface area contributed by atoms with Crippen LogP contribution in [0, 0.1) is 6.92 Å². The van der Waals surface area contributed by atoms with E-state index in [4.69, 9.17) is 4.74 Å². The van der Waals surface area contributed by atoms with Crippen LogP contribution >= 0.6 is 11.3 Å². The van der Waals surface area contributed by atoms with E-state index in [1.807, 2.05) is 4.90 Å². The molecule has 1 saturated heterocycles. The van der Waals surface area contributed by atoms with E-state index in [1.54, 1.807) is 11.3 Å². The number of aryl methyl sites for hydroxylation is 1. The van der Waals surface area contributed by atoms with E-state index in [2.05, 4.69) is 30.6 Å². The van der Waals surface area contributed by atoms with E-state index in [0.717, 1.165) is 32.4 Å². The molecule has 5 heteroatoms. The van der Waals surface area contributed by atoms with Crippen molar-refractivity contribution in [2.75, 3.05) is 13.1 Å². The van der Waals surface area contributed by atoms with Gasteiger partial charge in [-0.15, -0.1) is 11.3 Å². The van der Waals surface area contributed by atoms with Crippen LogP contribution in [0.2, 0.25) is 0 Å². The second kappa shape index (κ2) is 7.67. The minimum absolute atomic E-state index is 0.0580. The number of urea groups is 1. The Labute approximate surface area is 143 Å². The fourth-order valence-electron chi connectivity index (χ4n) is 3.32. The summed E-state index contributed by atoms with van der Waals surface area (Å²) in [5.41, 5.74) is 1.22. The van der Waals surface area contributed by atoms with Crippen LogP contribution in [-0.4, -0.2) is 36.2 Å². The van der Waals surface area contributed by atoms with E-state index in [-0.39, 0.29) is 18.2 Å². The third-order valence-corrected chi connectivity index (χ3v) is 5.84. The van der Waals surface area contributed by atoms with Crippen molar-refractivity contribution in [3.05, 3.63) is 21.9 Å². The number of thiophene rings is 1. The molecule has 2 amide bonds. The first-order chi connectivity index (χ1) is 11.2. The smallest absolute Gasteiger partial charge is 0.317 e. The summed E-state index contributed by atoms with van der Waals surface area (Å²) in [5, 5.41) is 5.36. The van der Waals surface area contributed by atoms with E-state index in [0.29, 0.717) is 6.10 Å². The number of piperidine rings is 1. The minimum atomic E-state index is 0.0580. The van der Waals surface area contributed by atoms with Gasteiger partial charge in [-0.3, -0.25) is 0 Å². The zero-order chi connectivity index (χ0) is 16.2. The molecule has 2 heterocycles. The van der Waals surface area contributed by atoms with Gasteiger partial charge < -0.3 is 15.0 Å². The maximum atomic E-state index is 12.6. The molecule has 1 aromatic heterocycles. The summed E-state index contributed by atoms with van der Waals surface area (Å²) in [4.78, 5) is 15.9. The number of hydrogen-bond donors (Lipinski definition) is 1. The summed E-state index contributed by atoms with van der Waals surface area (Å²) < 4.78 is 6.11. The molecule has 2 fully saturated rings. The molecule has 128 valence electrons.